The van der Waals surface area contributed by atoms with Crippen LogP contribution < -0.4 is 0 Å². The number of alkyl halides is 3. The zero-order valence-corrected chi connectivity index (χ0v) is 10.6. The van der Waals surface area contributed by atoms with Gasteiger partial charge in [0.15, 0.2) is 10.7 Å². The largest absolute Gasteiger partial charge is 0.477 e. The van der Waals surface area contributed by atoms with Crippen molar-refractivity contribution in [3.63, 3.8) is 0 Å². The first kappa shape index (κ1) is 13.2. The molecule has 1 N–H and O–H groups in total. The Kier molecular flexibility index (Phi) is 3.28. The van der Waals surface area contributed by atoms with E-state index >= 15 is 0 Å². The third-order valence-corrected chi connectivity index (χ3v) is 4.00. The van der Waals surface area contributed by atoms with Crippen LogP contribution in [0.5, 0.6) is 0 Å². The Hall–Kier alpha value is -1.22. The number of thioether (sulfide) groups is 1. The molecule has 9 heteroatoms. The minimum Gasteiger partial charge on any atom is -0.477 e. The molecule has 0 spiro atoms. The maximum atomic E-state index is 13.0. The highest BCUT2D eigenvalue weighted by atomic mass is 32.2. The lowest BCUT2D eigenvalue weighted by atomic mass is 10.3. The van der Waals surface area contributed by atoms with Crippen molar-refractivity contribution < 1.29 is 23.1 Å². The average Bonchev–Trinajstić information content (AvgIpc) is 2.76. The zero-order valence-electron chi connectivity index (χ0n) is 8.98. The standard InChI is InChI=1S/C9H7F3N2O2S2/c1-2-17-4-3-13-8-14(4)6(9(10,11)12)5(18-8)7(15)16/h3H,2H2,1H3,(H,15,16). The Bertz CT molecular complexity index is 603. The quantitative estimate of drug-likeness (QED) is 0.884. The molecule has 0 fully saturated rings. The first-order chi connectivity index (χ1) is 8.36. The second kappa shape index (κ2) is 4.47. The fourth-order valence-electron chi connectivity index (χ4n) is 1.49. The maximum Gasteiger partial charge on any atom is 0.433 e. The number of rotatable bonds is 3. The number of carboxylic acid groups (broad SMARTS) is 1. The van der Waals surface area contributed by atoms with E-state index in [1.807, 2.05) is 0 Å². The van der Waals surface area contributed by atoms with Gasteiger partial charge in [-0.2, -0.15) is 13.2 Å². The van der Waals surface area contributed by atoms with E-state index in [0.717, 1.165) is 4.40 Å². The Morgan fingerprint density at radius 1 is 1.61 bits per heavy atom. The molecule has 0 atom stereocenters. The normalized spacial score (nSPS) is 12.2. The minimum absolute atomic E-state index is 0.0377. The van der Waals surface area contributed by atoms with E-state index in [0.29, 0.717) is 22.1 Å². The number of carboxylic acids is 1. The van der Waals surface area contributed by atoms with Gasteiger partial charge in [-0.1, -0.05) is 18.3 Å². The van der Waals surface area contributed by atoms with Gasteiger partial charge in [0.05, 0.1) is 6.20 Å². The van der Waals surface area contributed by atoms with Gasteiger partial charge in [-0.05, 0) is 5.75 Å². The molecule has 2 aromatic rings. The predicted octanol–water partition coefficient (Wildman–Crippen LogP) is 3.22. The lowest BCUT2D eigenvalue weighted by molar-refractivity contribution is -0.142. The average molecular weight is 296 g/mol. The second-order valence-electron chi connectivity index (χ2n) is 3.23. The summed E-state index contributed by atoms with van der Waals surface area (Å²) in [7, 11) is 0. The molecule has 0 aliphatic carbocycles. The molecule has 0 bridgehead atoms. The van der Waals surface area contributed by atoms with Crippen LogP contribution in [0.25, 0.3) is 4.96 Å². The van der Waals surface area contributed by atoms with Crippen LogP contribution in [0.4, 0.5) is 13.2 Å². The molecule has 2 heterocycles. The number of halogens is 3. The van der Waals surface area contributed by atoms with Crippen LogP contribution in [-0.2, 0) is 6.18 Å². The fourth-order valence-corrected chi connectivity index (χ4v) is 3.24. The molecule has 0 aliphatic heterocycles. The van der Waals surface area contributed by atoms with Gasteiger partial charge >= 0.3 is 12.1 Å². The molecule has 18 heavy (non-hydrogen) atoms. The number of fused-ring (bicyclic) bond motifs is 1. The fraction of sp³-hybridized carbons (Fsp3) is 0.333. The molecule has 0 aromatic carbocycles. The molecular weight excluding hydrogens is 289 g/mol. The highest BCUT2D eigenvalue weighted by Gasteiger charge is 2.41. The van der Waals surface area contributed by atoms with Crippen LogP contribution in [0.3, 0.4) is 0 Å². The molecule has 0 saturated carbocycles. The van der Waals surface area contributed by atoms with E-state index in [4.69, 9.17) is 5.11 Å². The Balaban J connectivity index is 2.77. The van der Waals surface area contributed by atoms with Crippen molar-refractivity contribution in [3.8, 4) is 0 Å². The summed E-state index contributed by atoms with van der Waals surface area (Å²) >= 11 is 1.71. The van der Waals surface area contributed by atoms with Crippen LogP contribution in [0.2, 0.25) is 0 Å². The first-order valence-electron chi connectivity index (χ1n) is 4.79. The summed E-state index contributed by atoms with van der Waals surface area (Å²) in [6.45, 7) is 1.79. The van der Waals surface area contributed by atoms with E-state index in [-0.39, 0.29) is 4.96 Å². The van der Waals surface area contributed by atoms with Crippen LogP contribution >= 0.6 is 23.1 Å². The van der Waals surface area contributed by atoms with Gasteiger partial charge < -0.3 is 5.11 Å². The van der Waals surface area contributed by atoms with Gasteiger partial charge in [0.25, 0.3) is 0 Å². The second-order valence-corrected chi connectivity index (χ2v) is 5.49. The summed E-state index contributed by atoms with van der Waals surface area (Å²) in [5, 5.41) is 9.13. The molecule has 0 amide bonds. The van der Waals surface area contributed by atoms with Crippen molar-refractivity contribution in [2.45, 2.75) is 18.1 Å². The molecule has 0 unspecified atom stereocenters. The molecule has 2 rings (SSSR count). The van der Waals surface area contributed by atoms with Crippen molar-refractivity contribution in [2.24, 2.45) is 0 Å². The van der Waals surface area contributed by atoms with Gasteiger partial charge in [0.1, 0.15) is 9.90 Å². The SMILES string of the molecule is CCSc1cnc2sc(C(=O)O)c(C(F)(F)F)n12. The molecule has 0 saturated heterocycles. The highest BCUT2D eigenvalue weighted by Crippen LogP contribution is 2.39. The summed E-state index contributed by atoms with van der Waals surface area (Å²) in [6, 6.07) is 0. The summed E-state index contributed by atoms with van der Waals surface area (Å²) in [5.41, 5.74) is -1.16. The molecule has 98 valence electrons. The van der Waals surface area contributed by atoms with Crippen LogP contribution in [0, 0.1) is 0 Å². The van der Waals surface area contributed by atoms with E-state index in [1.54, 1.807) is 6.92 Å². The Labute approximate surface area is 107 Å². The summed E-state index contributed by atoms with van der Waals surface area (Å²) in [5.74, 6) is -1.02. The zero-order chi connectivity index (χ0) is 13.5. The molecule has 4 nitrogen and oxygen atoms in total. The third kappa shape index (κ3) is 2.07. The van der Waals surface area contributed by atoms with Gasteiger partial charge in [0.2, 0.25) is 0 Å². The van der Waals surface area contributed by atoms with Gasteiger partial charge in [-0.25, -0.2) is 9.78 Å². The number of carbonyl (C=O) groups is 1. The van der Waals surface area contributed by atoms with Gasteiger partial charge in [-0.3, -0.25) is 4.40 Å². The third-order valence-electron chi connectivity index (χ3n) is 2.08. The van der Waals surface area contributed by atoms with Crippen molar-refractivity contribution in [3.05, 3.63) is 16.8 Å². The number of hydrogen-bond acceptors (Lipinski definition) is 4. The predicted molar refractivity (Wildman–Crippen MR) is 61.4 cm³/mol. The van der Waals surface area contributed by atoms with Crippen molar-refractivity contribution >= 4 is 34.0 Å². The minimum atomic E-state index is -4.73. The number of nitrogens with zero attached hydrogens (tertiary/aromatic N) is 2. The van der Waals surface area contributed by atoms with Crippen LogP contribution in [-0.4, -0.2) is 26.2 Å². The number of thiazole rings is 1. The number of aromatic carboxylic acids is 1. The smallest absolute Gasteiger partial charge is 0.433 e. The summed E-state index contributed by atoms with van der Waals surface area (Å²) in [4.78, 5) is 14.0. The van der Waals surface area contributed by atoms with Crippen molar-refractivity contribution in [1.82, 2.24) is 9.38 Å². The maximum absolute atomic E-state index is 13.0. The van der Waals surface area contributed by atoms with Crippen molar-refractivity contribution in [1.29, 1.82) is 0 Å². The molecule has 2 aromatic heterocycles. The summed E-state index contributed by atoms with van der Waals surface area (Å²) < 4.78 is 39.7. The lowest BCUT2D eigenvalue weighted by Crippen LogP contribution is -2.14. The van der Waals surface area contributed by atoms with Crippen LogP contribution in [0.15, 0.2) is 11.2 Å². The number of aromatic nitrogens is 2. The van der Waals surface area contributed by atoms with Gasteiger partial charge in [0, 0.05) is 0 Å². The number of imidazole rings is 1. The first-order valence-corrected chi connectivity index (χ1v) is 6.60. The highest BCUT2D eigenvalue weighted by molar-refractivity contribution is 7.99. The van der Waals surface area contributed by atoms with Crippen molar-refractivity contribution in [2.75, 3.05) is 5.75 Å². The molecule has 0 aliphatic rings. The van der Waals surface area contributed by atoms with E-state index < -0.39 is 22.7 Å². The van der Waals surface area contributed by atoms with Crippen LogP contribution in [0.1, 0.15) is 22.3 Å². The monoisotopic (exact) mass is 296 g/mol. The molecular formula is C9H7F3N2O2S2. The lowest BCUT2D eigenvalue weighted by Gasteiger charge is -2.08. The Morgan fingerprint density at radius 3 is 2.78 bits per heavy atom. The summed E-state index contributed by atoms with van der Waals surface area (Å²) in [6.07, 6.45) is -3.41. The number of hydrogen-bond donors (Lipinski definition) is 1. The van der Waals surface area contributed by atoms with Gasteiger partial charge in [-0.15, -0.1) is 11.8 Å². The Morgan fingerprint density at radius 2 is 2.28 bits per heavy atom. The molecule has 0 radical (unpaired) electrons. The van der Waals surface area contributed by atoms with E-state index in [9.17, 15) is 18.0 Å². The topological polar surface area (TPSA) is 54.6 Å². The van der Waals surface area contributed by atoms with E-state index in [1.165, 1.54) is 18.0 Å². The van der Waals surface area contributed by atoms with E-state index in [2.05, 4.69) is 4.98 Å².